The van der Waals surface area contributed by atoms with Crippen LogP contribution in [0.15, 0.2) is 0 Å². The van der Waals surface area contributed by atoms with Crippen LogP contribution in [0.25, 0.3) is 0 Å². The van der Waals surface area contributed by atoms with Crippen LogP contribution in [0.2, 0.25) is 0 Å². The monoisotopic (exact) mass is 147 g/mol. The highest BCUT2D eigenvalue weighted by Crippen LogP contribution is 2.07. The van der Waals surface area contributed by atoms with Crippen LogP contribution in [-0.2, 0) is 0 Å². The van der Waals surface area contributed by atoms with Crippen molar-refractivity contribution >= 4 is 25.3 Å². The summed E-state index contributed by atoms with van der Waals surface area (Å²) in [5.74, 6) is 0. The number of hydrogen-bond donors (Lipinski definition) is 2. The van der Waals surface area contributed by atoms with Crippen molar-refractivity contribution in [1.82, 2.24) is 0 Å². The van der Waals surface area contributed by atoms with Crippen molar-refractivity contribution in [2.45, 2.75) is 23.8 Å². The quantitative estimate of drug-likeness (QED) is 0.568. The molecule has 2 unspecified atom stereocenters. The molecule has 0 aromatic carbocycles. The second-order valence-electron chi connectivity index (χ2n) is 1.73. The van der Waals surface area contributed by atoms with E-state index in [1.54, 1.807) is 0 Å². The Labute approximate surface area is 60.9 Å². The average molecular weight is 147 g/mol. The van der Waals surface area contributed by atoms with Crippen molar-refractivity contribution in [3.8, 4) is 6.07 Å². The van der Waals surface area contributed by atoms with Crippen LogP contribution in [0.5, 0.6) is 0 Å². The molecule has 0 N–H and O–H groups in total. The highest BCUT2D eigenvalue weighted by atomic mass is 32.1. The highest BCUT2D eigenvalue weighted by Gasteiger charge is 2.02. The Hall–Kier alpha value is 0.190. The predicted octanol–water partition coefficient (Wildman–Crippen LogP) is 1.52. The van der Waals surface area contributed by atoms with Crippen molar-refractivity contribution in [2.24, 2.45) is 0 Å². The molecule has 0 bridgehead atoms. The SMILES string of the molecule is CC(S)CC(S)C#N. The topological polar surface area (TPSA) is 23.8 Å². The van der Waals surface area contributed by atoms with Gasteiger partial charge in [0, 0.05) is 5.25 Å². The van der Waals surface area contributed by atoms with Gasteiger partial charge in [-0.1, -0.05) is 6.92 Å². The summed E-state index contributed by atoms with van der Waals surface area (Å²) in [5, 5.41) is 8.35. The van der Waals surface area contributed by atoms with Gasteiger partial charge in [0.15, 0.2) is 0 Å². The van der Waals surface area contributed by atoms with E-state index >= 15 is 0 Å². The maximum absolute atomic E-state index is 8.22. The standard InChI is InChI=1S/C5H9NS2/c1-4(7)2-5(8)3-6/h4-5,7-8H,2H2,1H3. The molecule has 2 atom stereocenters. The molecule has 0 aromatic heterocycles. The molecule has 0 aliphatic heterocycles. The Bertz CT molecular complexity index is 95.1. The Morgan fingerprint density at radius 1 is 1.62 bits per heavy atom. The smallest absolute Gasteiger partial charge is 0.0897 e. The Morgan fingerprint density at radius 3 is 2.25 bits per heavy atom. The van der Waals surface area contributed by atoms with Gasteiger partial charge in [0.25, 0.3) is 0 Å². The van der Waals surface area contributed by atoms with E-state index in [4.69, 9.17) is 5.26 Å². The van der Waals surface area contributed by atoms with Crippen molar-refractivity contribution in [2.75, 3.05) is 0 Å². The van der Waals surface area contributed by atoms with Gasteiger partial charge in [0.1, 0.15) is 0 Å². The van der Waals surface area contributed by atoms with E-state index in [1.807, 2.05) is 13.0 Å². The fourth-order valence-corrected chi connectivity index (χ4v) is 1.07. The van der Waals surface area contributed by atoms with Crippen molar-refractivity contribution in [3.63, 3.8) is 0 Å². The first-order valence-corrected chi connectivity index (χ1v) is 3.46. The molecular formula is C5H9NS2. The van der Waals surface area contributed by atoms with Gasteiger partial charge in [-0.3, -0.25) is 0 Å². The number of rotatable bonds is 2. The molecule has 0 heterocycles. The first kappa shape index (κ1) is 8.19. The fourth-order valence-electron chi connectivity index (χ4n) is 0.376. The minimum absolute atomic E-state index is 0.150. The van der Waals surface area contributed by atoms with E-state index in [0.717, 1.165) is 6.42 Å². The third-order valence-electron chi connectivity index (χ3n) is 0.713. The van der Waals surface area contributed by atoms with E-state index in [-0.39, 0.29) is 10.5 Å². The number of hydrogen-bond acceptors (Lipinski definition) is 3. The maximum Gasteiger partial charge on any atom is 0.0897 e. The van der Waals surface area contributed by atoms with Crippen molar-refractivity contribution < 1.29 is 0 Å². The summed E-state index contributed by atoms with van der Waals surface area (Å²) in [4.78, 5) is 0. The van der Waals surface area contributed by atoms with Crippen LogP contribution in [-0.4, -0.2) is 10.5 Å². The molecule has 8 heavy (non-hydrogen) atoms. The van der Waals surface area contributed by atoms with E-state index < -0.39 is 0 Å². The van der Waals surface area contributed by atoms with Gasteiger partial charge in [-0.25, -0.2) is 0 Å². The van der Waals surface area contributed by atoms with Crippen LogP contribution in [0.3, 0.4) is 0 Å². The third-order valence-corrected chi connectivity index (χ3v) is 1.25. The molecule has 0 saturated carbocycles. The number of thiol groups is 2. The van der Waals surface area contributed by atoms with E-state index in [1.165, 1.54) is 0 Å². The van der Waals surface area contributed by atoms with Gasteiger partial charge < -0.3 is 0 Å². The zero-order chi connectivity index (χ0) is 6.57. The summed E-state index contributed by atoms with van der Waals surface area (Å²) in [7, 11) is 0. The average Bonchev–Trinajstić information content (AvgIpc) is 1.65. The van der Waals surface area contributed by atoms with Crippen LogP contribution < -0.4 is 0 Å². The minimum Gasteiger partial charge on any atom is -0.197 e. The first-order valence-electron chi connectivity index (χ1n) is 2.42. The Kier molecular flexibility index (Phi) is 4.20. The lowest BCUT2D eigenvalue weighted by atomic mass is 10.2. The van der Waals surface area contributed by atoms with Crippen LogP contribution in [0.4, 0.5) is 0 Å². The second kappa shape index (κ2) is 4.11. The Balaban J connectivity index is 3.28. The Morgan fingerprint density at radius 2 is 2.12 bits per heavy atom. The van der Waals surface area contributed by atoms with Gasteiger partial charge in [-0.15, -0.1) is 0 Å². The molecule has 0 radical (unpaired) electrons. The summed E-state index contributed by atoms with van der Waals surface area (Å²) in [6.07, 6.45) is 0.753. The first-order chi connectivity index (χ1) is 3.66. The normalized spacial score (nSPS) is 16.8. The molecule has 0 amide bonds. The zero-order valence-electron chi connectivity index (χ0n) is 4.70. The molecule has 0 rings (SSSR count). The lowest BCUT2D eigenvalue weighted by molar-refractivity contribution is 0.861. The molecule has 0 aliphatic carbocycles. The molecule has 1 nitrogen and oxygen atoms in total. The van der Waals surface area contributed by atoms with Crippen molar-refractivity contribution in [3.05, 3.63) is 0 Å². The zero-order valence-corrected chi connectivity index (χ0v) is 6.49. The number of nitrogens with zero attached hydrogens (tertiary/aromatic N) is 1. The maximum atomic E-state index is 8.22. The molecule has 0 spiro atoms. The van der Waals surface area contributed by atoms with Gasteiger partial charge in [-0.05, 0) is 6.42 Å². The van der Waals surface area contributed by atoms with Crippen LogP contribution in [0, 0.1) is 11.3 Å². The summed E-state index contributed by atoms with van der Waals surface area (Å²) in [6, 6.07) is 2.01. The van der Waals surface area contributed by atoms with Crippen molar-refractivity contribution in [1.29, 1.82) is 5.26 Å². The molecule has 0 saturated heterocycles. The predicted molar refractivity (Wildman–Crippen MR) is 41.5 cm³/mol. The second-order valence-corrected chi connectivity index (χ2v) is 3.23. The number of nitriles is 1. The summed E-state index contributed by atoms with van der Waals surface area (Å²) in [5.41, 5.74) is 0. The van der Waals surface area contributed by atoms with E-state index in [2.05, 4.69) is 25.3 Å². The molecular weight excluding hydrogens is 138 g/mol. The fraction of sp³-hybridized carbons (Fsp3) is 0.800. The lowest BCUT2D eigenvalue weighted by Crippen LogP contribution is -2.01. The van der Waals surface area contributed by atoms with Gasteiger partial charge in [0.2, 0.25) is 0 Å². The van der Waals surface area contributed by atoms with E-state index in [9.17, 15) is 0 Å². The van der Waals surface area contributed by atoms with Crippen LogP contribution in [0.1, 0.15) is 13.3 Å². The molecule has 46 valence electrons. The molecule has 3 heteroatoms. The largest absolute Gasteiger partial charge is 0.197 e. The van der Waals surface area contributed by atoms with Gasteiger partial charge >= 0.3 is 0 Å². The summed E-state index contributed by atoms with van der Waals surface area (Å²) < 4.78 is 0. The summed E-state index contributed by atoms with van der Waals surface area (Å²) in [6.45, 7) is 1.95. The summed E-state index contributed by atoms with van der Waals surface area (Å²) >= 11 is 8.05. The van der Waals surface area contributed by atoms with Gasteiger partial charge in [0.05, 0.1) is 11.3 Å². The van der Waals surface area contributed by atoms with E-state index in [0.29, 0.717) is 0 Å². The molecule has 0 fully saturated rings. The third kappa shape index (κ3) is 4.35. The lowest BCUT2D eigenvalue weighted by Gasteiger charge is -2.01. The molecule has 0 aliphatic rings. The highest BCUT2D eigenvalue weighted by molar-refractivity contribution is 7.82. The minimum atomic E-state index is -0.150. The molecule has 0 aromatic rings. The van der Waals surface area contributed by atoms with Crippen LogP contribution >= 0.6 is 25.3 Å². The van der Waals surface area contributed by atoms with Gasteiger partial charge in [-0.2, -0.15) is 30.5 Å².